The van der Waals surface area contributed by atoms with Crippen LogP contribution in [0.3, 0.4) is 0 Å². The summed E-state index contributed by atoms with van der Waals surface area (Å²) in [6.45, 7) is 8.77. The van der Waals surface area contributed by atoms with Gasteiger partial charge in [-0.1, -0.05) is 12.1 Å². The second-order valence-corrected chi connectivity index (χ2v) is 8.85. The zero-order chi connectivity index (χ0) is 22.1. The van der Waals surface area contributed by atoms with Gasteiger partial charge in [0, 0.05) is 12.7 Å². The van der Waals surface area contributed by atoms with Crippen molar-refractivity contribution in [3.05, 3.63) is 52.3 Å². The molecule has 1 aromatic heterocycles. The monoisotopic (exact) mass is 421 g/mol. The first-order valence-electron chi connectivity index (χ1n) is 9.14. The molecule has 3 N–H and O–H groups in total. The van der Waals surface area contributed by atoms with Crippen LogP contribution in [0.5, 0.6) is 0 Å². The fraction of sp³-hybridized carbons (Fsp3) is 0.400. The van der Waals surface area contributed by atoms with Gasteiger partial charge in [0.25, 0.3) is 5.91 Å². The highest BCUT2D eigenvalue weighted by molar-refractivity contribution is 7.89. The summed E-state index contributed by atoms with van der Waals surface area (Å²) in [5.41, 5.74) is 2.51. The Kier molecular flexibility index (Phi) is 6.54. The van der Waals surface area contributed by atoms with E-state index in [-0.39, 0.29) is 22.9 Å². The van der Waals surface area contributed by atoms with E-state index in [0.717, 1.165) is 5.56 Å². The van der Waals surface area contributed by atoms with Crippen LogP contribution in [0.15, 0.2) is 29.2 Å². The van der Waals surface area contributed by atoms with E-state index in [1.165, 1.54) is 17.0 Å². The molecule has 0 saturated carbocycles. The number of aromatic nitrogens is 1. The highest BCUT2D eigenvalue weighted by Gasteiger charge is 2.27. The third-order valence-electron chi connectivity index (χ3n) is 4.79. The Bertz CT molecular complexity index is 1020. The number of benzene rings is 1. The van der Waals surface area contributed by atoms with Crippen molar-refractivity contribution in [1.29, 1.82) is 0 Å². The van der Waals surface area contributed by atoms with Gasteiger partial charge in [0.15, 0.2) is 0 Å². The minimum Gasteiger partial charge on any atom is -0.459 e. The van der Waals surface area contributed by atoms with Gasteiger partial charge in [0.05, 0.1) is 22.6 Å². The molecule has 9 heteroatoms. The Morgan fingerprint density at radius 2 is 1.66 bits per heavy atom. The molecule has 0 aliphatic carbocycles. The first kappa shape index (κ1) is 22.6. The first-order chi connectivity index (χ1) is 13.3. The quantitative estimate of drug-likeness (QED) is 0.694. The summed E-state index contributed by atoms with van der Waals surface area (Å²) in [4.78, 5) is 29.9. The Labute approximate surface area is 171 Å². The Hall–Kier alpha value is -2.65. The maximum atomic E-state index is 13.0. The molecule has 0 fully saturated rings. The van der Waals surface area contributed by atoms with Crippen LogP contribution in [-0.2, 0) is 14.8 Å². The first-order valence-corrected chi connectivity index (χ1v) is 10.7. The lowest BCUT2D eigenvalue weighted by Gasteiger charge is -2.25. The number of ether oxygens (including phenoxy) is 1. The number of aryl methyl sites for hydroxylation is 1. The van der Waals surface area contributed by atoms with Gasteiger partial charge >= 0.3 is 5.97 Å². The fourth-order valence-corrected chi connectivity index (χ4v) is 3.57. The van der Waals surface area contributed by atoms with E-state index in [0.29, 0.717) is 22.5 Å². The standard InChI is InChI=1S/C20H27N3O5S/c1-11(2)28-20(25)17-12(3)18(22-13(17)4)19(24)23(6)14(5)15-7-9-16(10-8-15)29(21,26)27/h7-11,14,22H,1-6H3,(H2,21,26,27). The van der Waals surface area contributed by atoms with E-state index in [1.807, 2.05) is 6.92 Å². The van der Waals surface area contributed by atoms with Crippen LogP contribution in [0.2, 0.25) is 0 Å². The molecule has 158 valence electrons. The summed E-state index contributed by atoms with van der Waals surface area (Å²) in [5, 5.41) is 5.12. The van der Waals surface area contributed by atoms with Crippen LogP contribution in [0.25, 0.3) is 0 Å². The number of hydrogen-bond acceptors (Lipinski definition) is 5. The number of rotatable bonds is 6. The Morgan fingerprint density at radius 3 is 2.14 bits per heavy atom. The molecule has 2 aromatic rings. The van der Waals surface area contributed by atoms with Crippen molar-refractivity contribution in [2.24, 2.45) is 5.14 Å². The molecule has 0 spiro atoms. The number of primary sulfonamides is 1. The molecule has 0 bridgehead atoms. The molecule has 0 aliphatic heterocycles. The number of sulfonamides is 1. The second-order valence-electron chi connectivity index (χ2n) is 7.29. The summed E-state index contributed by atoms with van der Waals surface area (Å²) in [5.74, 6) is -0.767. The third kappa shape index (κ3) is 4.86. The normalized spacial score (nSPS) is 12.7. The fourth-order valence-electron chi connectivity index (χ4n) is 3.05. The molecule has 8 nitrogen and oxygen atoms in total. The number of aromatic amines is 1. The van der Waals surface area contributed by atoms with Crippen LogP contribution in [0, 0.1) is 13.8 Å². The Balaban J connectivity index is 2.29. The molecule has 0 saturated heterocycles. The SMILES string of the molecule is Cc1[nH]c(C(=O)N(C)C(C)c2ccc(S(N)(=O)=O)cc2)c(C)c1C(=O)OC(C)C. The summed E-state index contributed by atoms with van der Waals surface area (Å²) in [6.07, 6.45) is -0.265. The van der Waals surface area contributed by atoms with Gasteiger partial charge in [0.1, 0.15) is 5.69 Å². The maximum absolute atomic E-state index is 13.0. The molecule has 29 heavy (non-hydrogen) atoms. The van der Waals surface area contributed by atoms with E-state index in [2.05, 4.69) is 4.98 Å². The summed E-state index contributed by atoms with van der Waals surface area (Å²) in [6, 6.07) is 5.71. The van der Waals surface area contributed by atoms with Crippen LogP contribution in [-0.4, -0.2) is 43.3 Å². The summed E-state index contributed by atoms with van der Waals surface area (Å²) < 4.78 is 28.1. The van der Waals surface area contributed by atoms with Crippen molar-refractivity contribution in [3.63, 3.8) is 0 Å². The van der Waals surface area contributed by atoms with Gasteiger partial charge in [-0.3, -0.25) is 4.79 Å². The van der Waals surface area contributed by atoms with Gasteiger partial charge in [-0.25, -0.2) is 18.4 Å². The van der Waals surface area contributed by atoms with Gasteiger partial charge < -0.3 is 14.6 Å². The number of nitrogens with zero attached hydrogens (tertiary/aromatic N) is 1. The van der Waals surface area contributed by atoms with Crippen LogP contribution < -0.4 is 5.14 Å². The largest absolute Gasteiger partial charge is 0.459 e. The van der Waals surface area contributed by atoms with Crippen LogP contribution in [0.1, 0.15) is 64.5 Å². The van der Waals surface area contributed by atoms with E-state index in [1.54, 1.807) is 46.9 Å². The number of esters is 1. The number of carbonyl (C=O) groups excluding carboxylic acids is 2. The van der Waals surface area contributed by atoms with Crippen LogP contribution in [0.4, 0.5) is 0 Å². The van der Waals surface area contributed by atoms with Crippen molar-refractivity contribution in [1.82, 2.24) is 9.88 Å². The summed E-state index contributed by atoms with van der Waals surface area (Å²) in [7, 11) is -2.14. The number of nitrogens with two attached hydrogens (primary N) is 1. The zero-order valence-corrected chi connectivity index (χ0v) is 18.3. The highest BCUT2D eigenvalue weighted by Crippen LogP contribution is 2.25. The van der Waals surface area contributed by atoms with E-state index < -0.39 is 16.0 Å². The minimum absolute atomic E-state index is 0.00609. The van der Waals surface area contributed by atoms with Crippen molar-refractivity contribution in [3.8, 4) is 0 Å². The molecule has 1 amide bonds. The lowest BCUT2D eigenvalue weighted by atomic mass is 10.1. The van der Waals surface area contributed by atoms with Gasteiger partial charge in [-0.2, -0.15) is 0 Å². The number of carbonyl (C=O) groups is 2. The molecule has 1 atom stereocenters. The Morgan fingerprint density at radius 1 is 1.10 bits per heavy atom. The number of amides is 1. The smallest absolute Gasteiger partial charge is 0.340 e. The predicted octanol–water partition coefficient (Wildman–Crippen LogP) is 2.68. The lowest BCUT2D eigenvalue weighted by Crippen LogP contribution is -2.30. The topological polar surface area (TPSA) is 123 Å². The third-order valence-corrected chi connectivity index (χ3v) is 5.72. The van der Waals surface area contributed by atoms with Gasteiger partial charge in [-0.15, -0.1) is 0 Å². The van der Waals surface area contributed by atoms with Crippen molar-refractivity contribution < 1.29 is 22.7 Å². The highest BCUT2D eigenvalue weighted by atomic mass is 32.2. The number of hydrogen-bond donors (Lipinski definition) is 2. The zero-order valence-electron chi connectivity index (χ0n) is 17.4. The lowest BCUT2D eigenvalue weighted by molar-refractivity contribution is 0.0376. The van der Waals surface area contributed by atoms with Gasteiger partial charge in [-0.05, 0) is 57.9 Å². The van der Waals surface area contributed by atoms with Crippen molar-refractivity contribution in [2.75, 3.05) is 7.05 Å². The predicted molar refractivity (Wildman–Crippen MR) is 109 cm³/mol. The average molecular weight is 422 g/mol. The molecule has 1 unspecified atom stereocenters. The molecule has 0 aliphatic rings. The molecule has 1 aromatic carbocycles. The van der Waals surface area contributed by atoms with E-state index in [4.69, 9.17) is 9.88 Å². The number of H-pyrrole nitrogens is 1. The van der Waals surface area contributed by atoms with E-state index >= 15 is 0 Å². The van der Waals surface area contributed by atoms with Crippen molar-refractivity contribution in [2.45, 2.75) is 51.7 Å². The maximum Gasteiger partial charge on any atom is 0.340 e. The van der Waals surface area contributed by atoms with Crippen molar-refractivity contribution >= 4 is 21.9 Å². The average Bonchev–Trinajstić information content (AvgIpc) is 2.93. The minimum atomic E-state index is -3.78. The molecular formula is C20H27N3O5S. The molecule has 2 rings (SSSR count). The van der Waals surface area contributed by atoms with Gasteiger partial charge in [0.2, 0.25) is 10.0 Å². The van der Waals surface area contributed by atoms with E-state index in [9.17, 15) is 18.0 Å². The molecule has 1 heterocycles. The summed E-state index contributed by atoms with van der Waals surface area (Å²) >= 11 is 0. The molecular weight excluding hydrogens is 394 g/mol. The second kappa shape index (κ2) is 8.38. The van der Waals surface area contributed by atoms with Crippen LogP contribution >= 0.6 is 0 Å². The molecule has 0 radical (unpaired) electrons. The number of nitrogens with one attached hydrogen (secondary N) is 1.